The van der Waals surface area contributed by atoms with Gasteiger partial charge in [0.2, 0.25) is 0 Å². The lowest BCUT2D eigenvalue weighted by Gasteiger charge is -2.07. The van der Waals surface area contributed by atoms with Crippen molar-refractivity contribution < 1.29 is 0 Å². The van der Waals surface area contributed by atoms with Crippen LogP contribution in [0.1, 0.15) is 13.8 Å². The molecule has 0 radical (unpaired) electrons. The lowest BCUT2D eigenvalue weighted by molar-refractivity contribution is 0.373. The number of hydrogen-bond donors (Lipinski definition) is 2. The van der Waals surface area contributed by atoms with Crippen LogP contribution >= 0.6 is 0 Å². The summed E-state index contributed by atoms with van der Waals surface area (Å²) in [5.74, 6) is 8.00. The highest BCUT2D eigenvalue weighted by atomic mass is 15.1. The Morgan fingerprint density at radius 2 is 1.38 bits per heavy atom. The van der Waals surface area contributed by atoms with Gasteiger partial charge in [-0.05, 0) is 20.1 Å². The molecule has 0 saturated carbocycles. The standard InChI is InChI=1S/C5H13N.H4N2/c1-4-6(3)5-2;1-2/h4-5H2,1-3H3;1-2H2. The van der Waals surface area contributed by atoms with Gasteiger partial charge in [0, 0.05) is 0 Å². The Kier molecular flexibility index (Phi) is 13.5. The highest BCUT2D eigenvalue weighted by Gasteiger charge is 1.81. The average Bonchev–Trinajstić information content (AvgIpc) is 1.91. The van der Waals surface area contributed by atoms with E-state index in [1.165, 1.54) is 0 Å². The van der Waals surface area contributed by atoms with E-state index in [1.807, 2.05) is 0 Å². The molecule has 0 amide bonds. The van der Waals surface area contributed by atoms with Crippen LogP contribution in [0.2, 0.25) is 0 Å². The van der Waals surface area contributed by atoms with E-state index in [0.717, 1.165) is 13.1 Å². The summed E-state index contributed by atoms with van der Waals surface area (Å²) in [5.41, 5.74) is 0. The molecule has 0 fully saturated rings. The first-order valence-electron chi connectivity index (χ1n) is 2.83. The number of rotatable bonds is 2. The van der Waals surface area contributed by atoms with Gasteiger partial charge >= 0.3 is 0 Å². The van der Waals surface area contributed by atoms with Crippen LogP contribution in [-0.4, -0.2) is 25.0 Å². The van der Waals surface area contributed by atoms with E-state index in [1.54, 1.807) is 0 Å². The van der Waals surface area contributed by atoms with E-state index in [2.05, 4.69) is 37.5 Å². The molecule has 3 heteroatoms. The molecule has 3 nitrogen and oxygen atoms in total. The maximum absolute atomic E-state index is 4.00. The zero-order chi connectivity index (χ0) is 6.99. The molecule has 8 heavy (non-hydrogen) atoms. The highest BCUT2D eigenvalue weighted by Crippen LogP contribution is 1.73. The number of hydrogen-bond acceptors (Lipinski definition) is 3. The first-order chi connectivity index (χ1) is 3.81. The minimum absolute atomic E-state index is 1.16. The third kappa shape index (κ3) is 9.30. The Bertz CT molecular complexity index is 26.9. The molecule has 0 spiro atoms. The predicted octanol–water partition coefficient (Wildman–Crippen LogP) is -0.223. The Hall–Kier alpha value is -0.120. The molecule has 52 valence electrons. The molecule has 0 aromatic carbocycles. The monoisotopic (exact) mass is 119 g/mol. The van der Waals surface area contributed by atoms with Gasteiger partial charge in [-0.3, -0.25) is 11.7 Å². The first kappa shape index (κ1) is 10.8. The van der Waals surface area contributed by atoms with Crippen LogP contribution in [0.5, 0.6) is 0 Å². The maximum atomic E-state index is 4.00. The Morgan fingerprint density at radius 1 is 1.12 bits per heavy atom. The van der Waals surface area contributed by atoms with Crippen molar-refractivity contribution in [1.29, 1.82) is 0 Å². The second-order valence-corrected chi connectivity index (χ2v) is 1.49. The molecule has 0 aromatic heterocycles. The fourth-order valence-electron chi connectivity index (χ4n) is 0.224. The summed E-state index contributed by atoms with van der Waals surface area (Å²) in [6.45, 7) is 6.64. The van der Waals surface area contributed by atoms with Crippen LogP contribution in [0.4, 0.5) is 0 Å². The van der Waals surface area contributed by atoms with E-state index in [4.69, 9.17) is 0 Å². The molecule has 0 atom stereocenters. The molecule has 0 aliphatic rings. The van der Waals surface area contributed by atoms with E-state index in [0.29, 0.717) is 0 Å². The normalized spacial score (nSPS) is 8.25. The van der Waals surface area contributed by atoms with Crippen LogP contribution in [0.25, 0.3) is 0 Å². The molecule has 0 saturated heterocycles. The first-order valence-corrected chi connectivity index (χ1v) is 2.83. The minimum atomic E-state index is 1.16. The Morgan fingerprint density at radius 3 is 1.38 bits per heavy atom. The Balaban J connectivity index is 0. The van der Waals surface area contributed by atoms with Crippen molar-refractivity contribution in [2.75, 3.05) is 20.1 Å². The molecule has 4 N–H and O–H groups in total. The molecule has 0 aliphatic carbocycles. The van der Waals surface area contributed by atoms with E-state index >= 15 is 0 Å². The van der Waals surface area contributed by atoms with Crippen LogP contribution in [-0.2, 0) is 0 Å². The van der Waals surface area contributed by atoms with Gasteiger partial charge < -0.3 is 4.90 Å². The van der Waals surface area contributed by atoms with Crippen LogP contribution in [0.15, 0.2) is 0 Å². The smallest absolute Gasteiger partial charge is 0.00504 e. The molecule has 0 bridgehead atoms. The lowest BCUT2D eigenvalue weighted by Crippen LogP contribution is -2.15. The van der Waals surface area contributed by atoms with Gasteiger partial charge in [-0.2, -0.15) is 0 Å². The van der Waals surface area contributed by atoms with Crippen LogP contribution in [0.3, 0.4) is 0 Å². The van der Waals surface area contributed by atoms with E-state index in [-0.39, 0.29) is 0 Å². The van der Waals surface area contributed by atoms with Gasteiger partial charge in [-0.1, -0.05) is 13.8 Å². The summed E-state index contributed by atoms with van der Waals surface area (Å²) in [5, 5.41) is 0. The molecule has 0 unspecified atom stereocenters. The van der Waals surface area contributed by atoms with E-state index in [9.17, 15) is 0 Å². The topological polar surface area (TPSA) is 55.3 Å². The predicted molar refractivity (Wildman–Crippen MR) is 37.2 cm³/mol. The van der Waals surface area contributed by atoms with Gasteiger partial charge in [-0.15, -0.1) is 0 Å². The Labute approximate surface area is 51.6 Å². The van der Waals surface area contributed by atoms with E-state index < -0.39 is 0 Å². The summed E-state index contributed by atoms with van der Waals surface area (Å²) < 4.78 is 0. The van der Waals surface area contributed by atoms with Crippen molar-refractivity contribution >= 4 is 0 Å². The lowest BCUT2D eigenvalue weighted by atomic mass is 10.6. The average molecular weight is 119 g/mol. The maximum Gasteiger partial charge on any atom is -0.00504 e. The molecule has 0 heterocycles. The number of hydrazine groups is 1. The van der Waals surface area contributed by atoms with Crippen LogP contribution in [0, 0.1) is 0 Å². The van der Waals surface area contributed by atoms with Crippen molar-refractivity contribution in [2.45, 2.75) is 13.8 Å². The quantitative estimate of drug-likeness (QED) is 0.390. The fraction of sp³-hybridized carbons (Fsp3) is 1.00. The molecule has 0 rings (SSSR count). The summed E-state index contributed by atoms with van der Waals surface area (Å²) in [7, 11) is 2.11. The van der Waals surface area contributed by atoms with Crippen molar-refractivity contribution in [3.63, 3.8) is 0 Å². The summed E-state index contributed by atoms with van der Waals surface area (Å²) in [4.78, 5) is 2.25. The third-order valence-corrected chi connectivity index (χ3v) is 1.08. The van der Waals surface area contributed by atoms with Crippen molar-refractivity contribution in [3.05, 3.63) is 0 Å². The second-order valence-electron chi connectivity index (χ2n) is 1.49. The summed E-state index contributed by atoms with van der Waals surface area (Å²) in [6, 6.07) is 0. The highest BCUT2D eigenvalue weighted by molar-refractivity contribution is 4.36. The van der Waals surface area contributed by atoms with Crippen molar-refractivity contribution in [3.8, 4) is 0 Å². The van der Waals surface area contributed by atoms with Gasteiger partial charge in [0.15, 0.2) is 0 Å². The second kappa shape index (κ2) is 9.99. The van der Waals surface area contributed by atoms with Gasteiger partial charge in [0.25, 0.3) is 0 Å². The zero-order valence-electron chi connectivity index (χ0n) is 6.02. The minimum Gasteiger partial charge on any atom is -0.307 e. The number of nitrogens with two attached hydrogens (primary N) is 2. The van der Waals surface area contributed by atoms with Crippen LogP contribution < -0.4 is 11.7 Å². The van der Waals surface area contributed by atoms with Gasteiger partial charge in [-0.25, -0.2) is 0 Å². The summed E-state index contributed by atoms with van der Waals surface area (Å²) >= 11 is 0. The van der Waals surface area contributed by atoms with Crippen molar-refractivity contribution in [2.24, 2.45) is 11.7 Å². The molecular weight excluding hydrogens is 102 g/mol. The largest absolute Gasteiger partial charge is 0.307 e. The van der Waals surface area contributed by atoms with Gasteiger partial charge in [0.05, 0.1) is 0 Å². The molecule has 0 aromatic rings. The summed E-state index contributed by atoms with van der Waals surface area (Å²) in [6.07, 6.45) is 0. The molecule has 0 aliphatic heterocycles. The number of nitrogens with zero attached hydrogens (tertiary/aromatic N) is 1. The van der Waals surface area contributed by atoms with Gasteiger partial charge in [0.1, 0.15) is 0 Å². The van der Waals surface area contributed by atoms with Crippen molar-refractivity contribution in [1.82, 2.24) is 4.90 Å². The molecular formula is C5H17N3. The SMILES string of the molecule is CCN(C)CC.NN. The third-order valence-electron chi connectivity index (χ3n) is 1.08. The zero-order valence-corrected chi connectivity index (χ0v) is 6.02. The fourth-order valence-corrected chi connectivity index (χ4v) is 0.224.